The maximum Gasteiger partial charge on any atom is 0.326 e. The Morgan fingerprint density at radius 1 is 0.879 bits per heavy atom. The Bertz CT molecular complexity index is 667. The third-order valence-electron chi connectivity index (χ3n) is 4.65. The first-order valence-corrected chi connectivity index (χ1v) is 11.9. The molecule has 33 heavy (non-hydrogen) atoms. The molecular formula is C19H36N6O7S. The van der Waals surface area contributed by atoms with Crippen LogP contribution in [0, 0.1) is 0 Å². The third-order valence-corrected chi connectivity index (χ3v) is 5.29. The average molecular weight is 493 g/mol. The minimum absolute atomic E-state index is 0.177. The van der Waals surface area contributed by atoms with Crippen molar-refractivity contribution in [1.82, 2.24) is 16.0 Å². The molecule has 14 heteroatoms. The summed E-state index contributed by atoms with van der Waals surface area (Å²) in [6.45, 7) is -0.237. The number of carbonyl (C=O) groups excluding carboxylic acids is 4. The third kappa shape index (κ3) is 13.0. The second-order valence-electron chi connectivity index (χ2n) is 7.38. The summed E-state index contributed by atoms with van der Waals surface area (Å²) < 4.78 is 0. The number of carboxylic acids is 1. The smallest absolute Gasteiger partial charge is 0.326 e. The number of aliphatic hydroxyl groups excluding tert-OH is 1. The van der Waals surface area contributed by atoms with Crippen LogP contribution in [-0.4, -0.2) is 89.1 Å². The molecule has 4 atom stereocenters. The fraction of sp³-hybridized carbons (Fsp3) is 0.737. The molecule has 0 spiro atoms. The highest BCUT2D eigenvalue weighted by Gasteiger charge is 2.30. The molecule has 4 amide bonds. The van der Waals surface area contributed by atoms with Gasteiger partial charge in [-0.3, -0.25) is 19.2 Å². The van der Waals surface area contributed by atoms with Crippen molar-refractivity contribution < 1.29 is 34.2 Å². The predicted octanol–water partition coefficient (Wildman–Crippen LogP) is -3.01. The SMILES string of the molecule is CSCCC(NC(=O)C(N)CO)C(=O)NC(CCCCN)C(=O)NC(CCC(N)=O)C(=O)O. The quantitative estimate of drug-likeness (QED) is 0.0901. The monoisotopic (exact) mass is 492 g/mol. The van der Waals surface area contributed by atoms with Crippen molar-refractivity contribution in [3.05, 3.63) is 0 Å². The molecule has 0 aliphatic rings. The number of hydrogen-bond donors (Lipinski definition) is 8. The largest absolute Gasteiger partial charge is 0.480 e. The summed E-state index contributed by atoms with van der Waals surface area (Å²) in [4.78, 5) is 60.1. The molecule has 0 saturated heterocycles. The Morgan fingerprint density at radius 2 is 1.42 bits per heavy atom. The highest BCUT2D eigenvalue weighted by molar-refractivity contribution is 7.98. The maximum absolute atomic E-state index is 12.9. The first-order chi connectivity index (χ1) is 15.6. The Balaban J connectivity index is 5.43. The van der Waals surface area contributed by atoms with Crippen LogP contribution in [0.3, 0.4) is 0 Å². The van der Waals surface area contributed by atoms with E-state index in [1.54, 1.807) is 0 Å². The molecule has 0 aromatic rings. The Hall–Kier alpha value is -2.42. The van der Waals surface area contributed by atoms with Gasteiger partial charge in [0.1, 0.15) is 24.2 Å². The number of carbonyl (C=O) groups is 5. The van der Waals surface area contributed by atoms with E-state index >= 15 is 0 Å². The van der Waals surface area contributed by atoms with E-state index in [2.05, 4.69) is 16.0 Å². The van der Waals surface area contributed by atoms with Crippen molar-refractivity contribution in [2.24, 2.45) is 17.2 Å². The Kier molecular flexibility index (Phi) is 15.9. The summed E-state index contributed by atoms with van der Waals surface area (Å²) >= 11 is 1.44. The molecule has 0 fully saturated rings. The zero-order valence-electron chi connectivity index (χ0n) is 18.7. The highest BCUT2D eigenvalue weighted by Crippen LogP contribution is 2.07. The molecule has 4 unspecified atom stereocenters. The number of amides is 4. The Morgan fingerprint density at radius 3 is 1.91 bits per heavy atom. The zero-order valence-corrected chi connectivity index (χ0v) is 19.6. The van der Waals surface area contributed by atoms with Gasteiger partial charge in [-0.05, 0) is 50.7 Å². The van der Waals surface area contributed by atoms with Crippen molar-refractivity contribution in [3.63, 3.8) is 0 Å². The Labute approximate surface area is 196 Å². The number of primary amides is 1. The normalized spacial score (nSPS) is 14.4. The lowest BCUT2D eigenvalue weighted by Gasteiger charge is -2.25. The van der Waals surface area contributed by atoms with Gasteiger partial charge in [0.25, 0.3) is 0 Å². The number of nitrogens with two attached hydrogens (primary N) is 3. The summed E-state index contributed by atoms with van der Waals surface area (Å²) in [6, 6.07) is -4.69. The van der Waals surface area contributed by atoms with E-state index < -0.39 is 60.4 Å². The van der Waals surface area contributed by atoms with E-state index in [4.69, 9.17) is 22.3 Å². The van der Waals surface area contributed by atoms with Gasteiger partial charge in [0.05, 0.1) is 6.61 Å². The van der Waals surface area contributed by atoms with Crippen LogP contribution in [0.4, 0.5) is 0 Å². The number of aliphatic carboxylic acids is 1. The van der Waals surface area contributed by atoms with Crippen molar-refractivity contribution in [1.29, 1.82) is 0 Å². The minimum Gasteiger partial charge on any atom is -0.480 e. The lowest BCUT2D eigenvalue weighted by atomic mass is 10.1. The summed E-state index contributed by atoms with van der Waals surface area (Å²) in [6.07, 6.45) is 2.84. The number of hydrogen-bond acceptors (Lipinski definition) is 9. The standard InChI is InChI=1S/C19H36N6O7S/c1-33-9-7-13(23-16(28)11(21)10-26)18(30)24-12(4-2-3-8-20)17(29)25-14(19(31)32)5-6-15(22)27/h11-14,26H,2-10,20-21H2,1H3,(H2,22,27)(H,23,28)(H,24,30)(H,25,29)(H,31,32). The minimum atomic E-state index is -1.37. The van der Waals surface area contributed by atoms with Crippen LogP contribution in [0.1, 0.15) is 38.5 Å². The molecule has 0 bridgehead atoms. The van der Waals surface area contributed by atoms with Crippen LogP contribution in [-0.2, 0) is 24.0 Å². The molecular weight excluding hydrogens is 456 g/mol. The molecule has 0 aromatic carbocycles. The van der Waals surface area contributed by atoms with Gasteiger partial charge in [-0.25, -0.2) is 4.79 Å². The van der Waals surface area contributed by atoms with Crippen molar-refractivity contribution in [2.75, 3.05) is 25.2 Å². The van der Waals surface area contributed by atoms with Crippen LogP contribution in [0.2, 0.25) is 0 Å². The average Bonchev–Trinajstić information content (AvgIpc) is 2.77. The van der Waals surface area contributed by atoms with E-state index in [9.17, 15) is 29.1 Å². The van der Waals surface area contributed by atoms with Gasteiger partial charge in [-0.1, -0.05) is 0 Å². The van der Waals surface area contributed by atoms with Crippen molar-refractivity contribution in [3.8, 4) is 0 Å². The molecule has 190 valence electrons. The number of aliphatic hydroxyl groups is 1. The van der Waals surface area contributed by atoms with E-state index in [-0.39, 0.29) is 25.7 Å². The number of unbranched alkanes of at least 4 members (excludes halogenated alkanes) is 1. The molecule has 0 aromatic heterocycles. The van der Waals surface area contributed by atoms with E-state index in [1.165, 1.54) is 11.8 Å². The van der Waals surface area contributed by atoms with Crippen molar-refractivity contribution in [2.45, 2.75) is 62.7 Å². The summed E-state index contributed by atoms with van der Waals surface area (Å²) in [7, 11) is 0. The number of thioether (sulfide) groups is 1. The van der Waals surface area contributed by atoms with Crippen LogP contribution < -0.4 is 33.2 Å². The first-order valence-electron chi connectivity index (χ1n) is 10.5. The summed E-state index contributed by atoms with van der Waals surface area (Å²) in [5, 5.41) is 25.7. The molecule has 0 rings (SSSR count). The van der Waals surface area contributed by atoms with Gasteiger partial charge >= 0.3 is 5.97 Å². The summed E-state index contributed by atoms with van der Waals surface area (Å²) in [5.41, 5.74) is 16.0. The molecule has 0 aliphatic heterocycles. The first kappa shape index (κ1) is 30.6. The van der Waals surface area contributed by atoms with Gasteiger partial charge in [0, 0.05) is 6.42 Å². The number of nitrogens with one attached hydrogen (secondary N) is 3. The van der Waals surface area contributed by atoms with Gasteiger partial charge in [0.2, 0.25) is 23.6 Å². The fourth-order valence-corrected chi connectivity index (χ4v) is 3.19. The van der Waals surface area contributed by atoms with Gasteiger partial charge < -0.3 is 43.4 Å². The molecule has 0 radical (unpaired) electrons. The second kappa shape index (κ2) is 17.1. The van der Waals surface area contributed by atoms with Crippen LogP contribution >= 0.6 is 11.8 Å². The molecule has 0 heterocycles. The van der Waals surface area contributed by atoms with E-state index in [0.717, 1.165) is 0 Å². The molecule has 0 aliphatic carbocycles. The van der Waals surface area contributed by atoms with Crippen LogP contribution in [0.25, 0.3) is 0 Å². The topological polar surface area (TPSA) is 240 Å². The molecule has 13 nitrogen and oxygen atoms in total. The number of rotatable bonds is 18. The van der Waals surface area contributed by atoms with Gasteiger partial charge in [-0.2, -0.15) is 11.8 Å². The van der Waals surface area contributed by atoms with Gasteiger partial charge in [-0.15, -0.1) is 0 Å². The zero-order chi connectivity index (χ0) is 25.4. The lowest BCUT2D eigenvalue weighted by Crippen LogP contribution is -2.57. The van der Waals surface area contributed by atoms with Crippen LogP contribution in [0.5, 0.6) is 0 Å². The molecule has 11 N–H and O–H groups in total. The van der Waals surface area contributed by atoms with Crippen LogP contribution in [0.15, 0.2) is 0 Å². The van der Waals surface area contributed by atoms with Gasteiger partial charge in [0.15, 0.2) is 0 Å². The van der Waals surface area contributed by atoms with Crippen molar-refractivity contribution >= 4 is 41.4 Å². The maximum atomic E-state index is 12.9. The number of carboxylic acid groups (broad SMARTS) is 1. The van der Waals surface area contributed by atoms with E-state index in [1.807, 2.05) is 6.26 Å². The molecule has 0 saturated carbocycles. The summed E-state index contributed by atoms with van der Waals surface area (Å²) in [5.74, 6) is -3.67. The predicted molar refractivity (Wildman–Crippen MR) is 123 cm³/mol. The second-order valence-corrected chi connectivity index (χ2v) is 8.37. The fourth-order valence-electron chi connectivity index (χ4n) is 2.72. The highest BCUT2D eigenvalue weighted by atomic mass is 32.2. The lowest BCUT2D eigenvalue weighted by molar-refractivity contribution is -0.142. The van der Waals surface area contributed by atoms with E-state index in [0.29, 0.717) is 25.1 Å².